The van der Waals surface area contributed by atoms with Crippen LogP contribution in [0.1, 0.15) is 37.4 Å². The van der Waals surface area contributed by atoms with Crippen LogP contribution in [0.4, 0.5) is 5.69 Å². The quantitative estimate of drug-likeness (QED) is 0.886. The van der Waals surface area contributed by atoms with E-state index in [9.17, 15) is 4.79 Å². The lowest BCUT2D eigenvalue weighted by atomic mass is 9.88. The standard InChI is InChI=1S/C14H19N3OS/c1-8(14(2,3)4)17-12(18)11-10(15)9-6-5-7-16-13(9)19-11/h5-8H,15H2,1-4H3,(H,17,18). The van der Waals surface area contributed by atoms with E-state index in [2.05, 4.69) is 31.1 Å². The Morgan fingerprint density at radius 2 is 2.16 bits per heavy atom. The number of nitrogen functional groups attached to an aromatic ring is 1. The number of pyridine rings is 1. The number of carbonyl (C=O) groups excluding carboxylic acids is 1. The van der Waals surface area contributed by atoms with E-state index >= 15 is 0 Å². The number of hydrogen-bond donors (Lipinski definition) is 2. The number of anilines is 1. The first-order valence-corrected chi connectivity index (χ1v) is 7.06. The molecule has 0 aliphatic heterocycles. The molecule has 0 aliphatic carbocycles. The lowest BCUT2D eigenvalue weighted by Gasteiger charge is -2.27. The molecule has 1 atom stereocenters. The molecule has 1 amide bonds. The summed E-state index contributed by atoms with van der Waals surface area (Å²) in [5.74, 6) is -0.122. The summed E-state index contributed by atoms with van der Waals surface area (Å²) in [7, 11) is 0. The molecule has 19 heavy (non-hydrogen) atoms. The van der Waals surface area contributed by atoms with Gasteiger partial charge in [0, 0.05) is 17.6 Å². The summed E-state index contributed by atoms with van der Waals surface area (Å²) in [5, 5.41) is 3.85. The fourth-order valence-corrected chi connectivity index (χ4v) is 2.56. The van der Waals surface area contributed by atoms with Crippen LogP contribution in [0.5, 0.6) is 0 Å². The molecule has 3 N–H and O–H groups in total. The molecule has 0 radical (unpaired) electrons. The Hall–Kier alpha value is -1.62. The van der Waals surface area contributed by atoms with Gasteiger partial charge in [-0.2, -0.15) is 0 Å². The molecule has 0 aliphatic rings. The van der Waals surface area contributed by atoms with Crippen LogP contribution in [0, 0.1) is 5.41 Å². The maximum Gasteiger partial charge on any atom is 0.263 e. The van der Waals surface area contributed by atoms with E-state index in [-0.39, 0.29) is 17.4 Å². The van der Waals surface area contributed by atoms with Gasteiger partial charge >= 0.3 is 0 Å². The van der Waals surface area contributed by atoms with Crippen LogP contribution < -0.4 is 11.1 Å². The van der Waals surface area contributed by atoms with Crippen molar-refractivity contribution in [3.63, 3.8) is 0 Å². The predicted molar refractivity (Wildman–Crippen MR) is 80.4 cm³/mol. The summed E-state index contributed by atoms with van der Waals surface area (Å²) in [6.07, 6.45) is 1.71. The maximum absolute atomic E-state index is 12.3. The minimum Gasteiger partial charge on any atom is -0.397 e. The molecule has 0 bridgehead atoms. The third kappa shape index (κ3) is 2.71. The second kappa shape index (κ2) is 4.81. The van der Waals surface area contributed by atoms with E-state index in [4.69, 9.17) is 5.73 Å². The highest BCUT2D eigenvalue weighted by Crippen LogP contribution is 2.32. The Bertz CT molecular complexity index is 613. The van der Waals surface area contributed by atoms with Crippen molar-refractivity contribution < 1.29 is 4.79 Å². The first kappa shape index (κ1) is 13.8. The first-order valence-electron chi connectivity index (χ1n) is 6.24. The van der Waals surface area contributed by atoms with Gasteiger partial charge in [-0.05, 0) is 24.5 Å². The molecule has 2 aromatic heterocycles. The van der Waals surface area contributed by atoms with Crippen molar-refractivity contribution in [2.24, 2.45) is 5.41 Å². The molecular formula is C14H19N3OS. The second-order valence-electron chi connectivity index (χ2n) is 5.76. The highest BCUT2D eigenvalue weighted by atomic mass is 32.1. The van der Waals surface area contributed by atoms with Gasteiger partial charge in [0.15, 0.2) is 0 Å². The minimum atomic E-state index is -0.122. The zero-order chi connectivity index (χ0) is 14.2. The van der Waals surface area contributed by atoms with Crippen LogP contribution in [0.3, 0.4) is 0 Å². The molecule has 1 unspecified atom stereocenters. The third-order valence-electron chi connectivity index (χ3n) is 3.36. The number of rotatable bonds is 2. The van der Waals surface area contributed by atoms with Crippen LogP contribution in [0.2, 0.25) is 0 Å². The van der Waals surface area contributed by atoms with Gasteiger partial charge in [0.05, 0.1) is 5.69 Å². The SMILES string of the molecule is CC(NC(=O)c1sc2ncccc2c1N)C(C)(C)C. The lowest BCUT2D eigenvalue weighted by Crippen LogP contribution is -2.41. The summed E-state index contributed by atoms with van der Waals surface area (Å²) >= 11 is 1.34. The topological polar surface area (TPSA) is 68.0 Å². The number of nitrogens with one attached hydrogen (secondary N) is 1. The first-order chi connectivity index (χ1) is 8.80. The average molecular weight is 277 g/mol. The molecule has 4 nitrogen and oxygen atoms in total. The number of nitrogens with two attached hydrogens (primary N) is 1. The van der Waals surface area contributed by atoms with Crippen molar-refractivity contribution in [2.75, 3.05) is 5.73 Å². The van der Waals surface area contributed by atoms with Crippen LogP contribution in [0.25, 0.3) is 10.2 Å². The van der Waals surface area contributed by atoms with Gasteiger partial charge in [-0.25, -0.2) is 4.98 Å². The summed E-state index contributed by atoms with van der Waals surface area (Å²) in [6.45, 7) is 8.27. The lowest BCUT2D eigenvalue weighted by molar-refractivity contribution is 0.0915. The molecule has 2 rings (SSSR count). The van der Waals surface area contributed by atoms with Gasteiger partial charge in [-0.3, -0.25) is 4.79 Å². The normalized spacial score (nSPS) is 13.5. The van der Waals surface area contributed by atoms with Crippen molar-refractivity contribution in [2.45, 2.75) is 33.7 Å². The average Bonchev–Trinajstić information content (AvgIpc) is 2.66. The summed E-state index contributed by atoms with van der Waals surface area (Å²) in [4.78, 5) is 17.9. The minimum absolute atomic E-state index is 0.0132. The largest absolute Gasteiger partial charge is 0.397 e. The Kier molecular flexibility index (Phi) is 3.49. The molecular weight excluding hydrogens is 258 g/mol. The number of aromatic nitrogens is 1. The van der Waals surface area contributed by atoms with Gasteiger partial charge < -0.3 is 11.1 Å². The van der Waals surface area contributed by atoms with Gasteiger partial charge in [-0.1, -0.05) is 20.8 Å². The Morgan fingerprint density at radius 3 is 2.74 bits per heavy atom. The van der Waals surface area contributed by atoms with E-state index in [0.29, 0.717) is 10.6 Å². The fraction of sp³-hybridized carbons (Fsp3) is 0.429. The molecule has 2 aromatic rings. The number of fused-ring (bicyclic) bond motifs is 1. The number of hydrogen-bond acceptors (Lipinski definition) is 4. The van der Waals surface area contributed by atoms with E-state index in [1.807, 2.05) is 19.1 Å². The van der Waals surface area contributed by atoms with Gasteiger partial charge in [-0.15, -0.1) is 11.3 Å². The van der Waals surface area contributed by atoms with Crippen LogP contribution in [-0.4, -0.2) is 16.9 Å². The highest BCUT2D eigenvalue weighted by molar-refractivity contribution is 7.21. The summed E-state index contributed by atoms with van der Waals surface area (Å²) in [5.41, 5.74) is 6.57. The second-order valence-corrected chi connectivity index (χ2v) is 6.76. The number of nitrogens with zero attached hydrogens (tertiary/aromatic N) is 1. The zero-order valence-corrected chi connectivity index (χ0v) is 12.5. The molecule has 0 fully saturated rings. The number of thiophene rings is 1. The number of amides is 1. The monoisotopic (exact) mass is 277 g/mol. The predicted octanol–water partition coefficient (Wildman–Crippen LogP) is 3.04. The molecule has 102 valence electrons. The van der Waals surface area contributed by atoms with Crippen molar-refractivity contribution in [3.05, 3.63) is 23.2 Å². The smallest absolute Gasteiger partial charge is 0.263 e. The molecule has 0 aromatic carbocycles. The van der Waals surface area contributed by atoms with E-state index in [0.717, 1.165) is 10.2 Å². The Morgan fingerprint density at radius 1 is 1.47 bits per heavy atom. The maximum atomic E-state index is 12.3. The van der Waals surface area contributed by atoms with Crippen molar-refractivity contribution in [1.29, 1.82) is 0 Å². The van der Waals surface area contributed by atoms with Crippen LogP contribution in [-0.2, 0) is 0 Å². The molecule has 0 saturated heterocycles. The fourth-order valence-electron chi connectivity index (χ4n) is 1.60. The van der Waals surface area contributed by atoms with E-state index in [1.54, 1.807) is 6.20 Å². The summed E-state index contributed by atoms with van der Waals surface area (Å²) in [6, 6.07) is 3.78. The van der Waals surface area contributed by atoms with E-state index in [1.165, 1.54) is 11.3 Å². The molecule has 0 spiro atoms. The van der Waals surface area contributed by atoms with Crippen molar-refractivity contribution in [1.82, 2.24) is 10.3 Å². The third-order valence-corrected chi connectivity index (χ3v) is 4.49. The van der Waals surface area contributed by atoms with Crippen molar-refractivity contribution >= 4 is 33.1 Å². The van der Waals surface area contributed by atoms with Crippen LogP contribution >= 0.6 is 11.3 Å². The molecule has 5 heteroatoms. The summed E-state index contributed by atoms with van der Waals surface area (Å²) < 4.78 is 0. The van der Waals surface area contributed by atoms with Gasteiger partial charge in [0.1, 0.15) is 9.71 Å². The Balaban J connectivity index is 2.30. The van der Waals surface area contributed by atoms with Gasteiger partial charge in [0.2, 0.25) is 0 Å². The molecule has 0 saturated carbocycles. The van der Waals surface area contributed by atoms with E-state index < -0.39 is 0 Å². The zero-order valence-electron chi connectivity index (χ0n) is 11.7. The van der Waals surface area contributed by atoms with Crippen molar-refractivity contribution in [3.8, 4) is 0 Å². The molecule has 2 heterocycles. The van der Waals surface area contributed by atoms with Crippen LogP contribution in [0.15, 0.2) is 18.3 Å². The number of carbonyl (C=O) groups is 1. The van der Waals surface area contributed by atoms with Gasteiger partial charge in [0.25, 0.3) is 5.91 Å². The highest BCUT2D eigenvalue weighted by Gasteiger charge is 2.24. The Labute approximate surface area is 117 Å².